The van der Waals surface area contributed by atoms with E-state index in [-0.39, 0.29) is 10.8 Å². The lowest BCUT2D eigenvalue weighted by Crippen LogP contribution is -2.30. The van der Waals surface area contributed by atoms with Gasteiger partial charge >= 0.3 is 0 Å². The van der Waals surface area contributed by atoms with Gasteiger partial charge in [0.15, 0.2) is 6.10 Å². The second-order valence-corrected chi connectivity index (χ2v) is 8.87. The summed E-state index contributed by atoms with van der Waals surface area (Å²) in [7, 11) is -0.422. The SMILES string of the molecule is COc1cc(OC)cc(O[C@H](C)C(=O)Nc2ccc(S(=O)(=O)N3CCCC3)cc2)c1. The smallest absolute Gasteiger partial charge is 0.265 e. The molecule has 0 radical (unpaired) electrons. The van der Waals surface area contributed by atoms with E-state index in [0.29, 0.717) is 36.0 Å². The van der Waals surface area contributed by atoms with Crippen LogP contribution in [0.1, 0.15) is 19.8 Å². The van der Waals surface area contributed by atoms with Crippen LogP contribution in [-0.4, -0.2) is 52.0 Å². The number of rotatable bonds is 8. The molecule has 0 aliphatic carbocycles. The predicted octanol–water partition coefficient (Wildman–Crippen LogP) is 2.89. The number of sulfonamides is 1. The molecule has 1 atom stereocenters. The van der Waals surface area contributed by atoms with Gasteiger partial charge in [0.2, 0.25) is 10.0 Å². The van der Waals surface area contributed by atoms with E-state index in [4.69, 9.17) is 14.2 Å². The van der Waals surface area contributed by atoms with Gasteiger partial charge in [-0.1, -0.05) is 0 Å². The maximum atomic E-state index is 12.6. The van der Waals surface area contributed by atoms with E-state index in [9.17, 15) is 13.2 Å². The number of methoxy groups -OCH3 is 2. The Kier molecular flexibility index (Phi) is 6.84. The molecule has 0 saturated carbocycles. The predicted molar refractivity (Wildman–Crippen MR) is 113 cm³/mol. The normalized spacial score (nSPS) is 15.4. The monoisotopic (exact) mass is 434 g/mol. The van der Waals surface area contributed by atoms with E-state index in [1.807, 2.05) is 0 Å². The molecule has 1 aliphatic rings. The molecule has 1 aliphatic heterocycles. The molecule has 1 N–H and O–H groups in total. The summed E-state index contributed by atoms with van der Waals surface area (Å²) in [5.74, 6) is 1.16. The molecule has 1 heterocycles. The molecule has 0 spiro atoms. The number of hydrogen-bond acceptors (Lipinski definition) is 6. The van der Waals surface area contributed by atoms with Crippen LogP contribution < -0.4 is 19.5 Å². The summed E-state index contributed by atoms with van der Waals surface area (Å²) in [4.78, 5) is 12.7. The number of carbonyl (C=O) groups excluding carboxylic acids is 1. The van der Waals surface area contributed by atoms with Gasteiger partial charge in [0, 0.05) is 37.0 Å². The highest BCUT2D eigenvalue weighted by Gasteiger charge is 2.27. The minimum Gasteiger partial charge on any atom is -0.496 e. The van der Waals surface area contributed by atoms with E-state index < -0.39 is 16.1 Å². The fraction of sp³-hybridized carbons (Fsp3) is 0.381. The van der Waals surface area contributed by atoms with E-state index >= 15 is 0 Å². The highest BCUT2D eigenvalue weighted by atomic mass is 32.2. The Bertz CT molecular complexity index is 963. The van der Waals surface area contributed by atoms with Gasteiger partial charge in [-0.05, 0) is 44.0 Å². The highest BCUT2D eigenvalue weighted by molar-refractivity contribution is 7.89. The van der Waals surface area contributed by atoms with Crippen LogP contribution in [-0.2, 0) is 14.8 Å². The molecule has 1 fully saturated rings. The Morgan fingerprint density at radius 2 is 1.50 bits per heavy atom. The van der Waals surface area contributed by atoms with Crippen LogP contribution in [0.3, 0.4) is 0 Å². The molecule has 3 rings (SSSR count). The molecular weight excluding hydrogens is 408 g/mol. The van der Waals surface area contributed by atoms with E-state index in [0.717, 1.165) is 12.8 Å². The Labute approximate surface area is 176 Å². The minimum absolute atomic E-state index is 0.218. The Morgan fingerprint density at radius 3 is 2.03 bits per heavy atom. The van der Waals surface area contributed by atoms with Crippen LogP contribution in [0.25, 0.3) is 0 Å². The van der Waals surface area contributed by atoms with Gasteiger partial charge in [-0.2, -0.15) is 4.31 Å². The number of ether oxygens (including phenoxy) is 3. The van der Waals surface area contributed by atoms with Crippen molar-refractivity contribution < 1.29 is 27.4 Å². The number of amides is 1. The molecule has 1 amide bonds. The highest BCUT2D eigenvalue weighted by Crippen LogP contribution is 2.28. The summed E-state index contributed by atoms with van der Waals surface area (Å²) < 4.78 is 42.7. The van der Waals surface area contributed by atoms with Crippen molar-refractivity contribution in [3.05, 3.63) is 42.5 Å². The molecule has 2 aromatic carbocycles. The Balaban J connectivity index is 1.64. The van der Waals surface area contributed by atoms with Crippen molar-refractivity contribution in [1.29, 1.82) is 0 Å². The first kappa shape index (κ1) is 21.9. The van der Waals surface area contributed by atoms with Gasteiger partial charge in [-0.15, -0.1) is 0 Å². The number of hydrogen-bond donors (Lipinski definition) is 1. The third kappa shape index (κ3) is 5.03. The van der Waals surface area contributed by atoms with Gasteiger partial charge in [-0.3, -0.25) is 4.79 Å². The molecule has 9 heteroatoms. The molecule has 1 saturated heterocycles. The molecule has 0 unspecified atom stereocenters. The Morgan fingerprint density at radius 1 is 0.967 bits per heavy atom. The lowest BCUT2D eigenvalue weighted by atomic mass is 10.2. The van der Waals surface area contributed by atoms with Crippen molar-refractivity contribution in [3.8, 4) is 17.2 Å². The van der Waals surface area contributed by atoms with Crippen molar-refractivity contribution >= 4 is 21.6 Å². The van der Waals surface area contributed by atoms with Crippen molar-refractivity contribution in [2.24, 2.45) is 0 Å². The van der Waals surface area contributed by atoms with Gasteiger partial charge in [-0.25, -0.2) is 8.42 Å². The first-order valence-electron chi connectivity index (χ1n) is 9.64. The maximum absolute atomic E-state index is 12.6. The molecule has 2 aromatic rings. The number of benzene rings is 2. The zero-order valence-electron chi connectivity index (χ0n) is 17.3. The standard InChI is InChI=1S/C21H26N2O6S/c1-15(29-19-13-17(27-2)12-18(14-19)28-3)21(24)22-16-6-8-20(9-7-16)30(25,26)23-10-4-5-11-23/h6-9,12-15H,4-5,10-11H2,1-3H3,(H,22,24)/t15-/m1/s1. The van der Waals surface area contributed by atoms with Crippen molar-refractivity contribution in [3.63, 3.8) is 0 Å². The van der Waals surface area contributed by atoms with E-state index in [2.05, 4.69) is 5.32 Å². The van der Waals surface area contributed by atoms with Crippen molar-refractivity contribution in [2.75, 3.05) is 32.6 Å². The van der Waals surface area contributed by atoms with Gasteiger partial charge in [0.05, 0.1) is 19.1 Å². The van der Waals surface area contributed by atoms with E-state index in [1.165, 1.54) is 30.7 Å². The summed E-state index contributed by atoms with van der Waals surface area (Å²) in [6.45, 7) is 2.71. The van der Waals surface area contributed by atoms with Crippen LogP contribution in [0.5, 0.6) is 17.2 Å². The zero-order valence-corrected chi connectivity index (χ0v) is 18.1. The second kappa shape index (κ2) is 9.36. The number of nitrogens with zero attached hydrogens (tertiary/aromatic N) is 1. The van der Waals surface area contributed by atoms with Crippen LogP contribution >= 0.6 is 0 Å². The minimum atomic E-state index is -3.48. The fourth-order valence-corrected chi connectivity index (χ4v) is 4.66. The summed E-state index contributed by atoms with van der Waals surface area (Å²) in [6.07, 6.45) is 0.962. The van der Waals surface area contributed by atoms with Crippen molar-refractivity contribution in [1.82, 2.24) is 4.31 Å². The first-order chi connectivity index (χ1) is 14.3. The zero-order chi connectivity index (χ0) is 21.7. The number of nitrogens with one attached hydrogen (secondary N) is 1. The quantitative estimate of drug-likeness (QED) is 0.687. The summed E-state index contributed by atoms with van der Waals surface area (Å²) in [6, 6.07) is 11.2. The fourth-order valence-electron chi connectivity index (χ4n) is 3.14. The Hall–Kier alpha value is -2.78. The summed E-state index contributed by atoms with van der Waals surface area (Å²) in [5, 5.41) is 2.73. The molecule has 0 aromatic heterocycles. The van der Waals surface area contributed by atoms with Crippen LogP contribution in [0.15, 0.2) is 47.4 Å². The maximum Gasteiger partial charge on any atom is 0.265 e. The molecule has 8 nitrogen and oxygen atoms in total. The number of anilines is 1. The van der Waals surface area contributed by atoms with Crippen LogP contribution in [0, 0.1) is 0 Å². The first-order valence-corrected chi connectivity index (χ1v) is 11.1. The molecule has 0 bridgehead atoms. The second-order valence-electron chi connectivity index (χ2n) is 6.93. The van der Waals surface area contributed by atoms with Gasteiger partial charge in [0.25, 0.3) is 5.91 Å². The largest absolute Gasteiger partial charge is 0.496 e. The lowest BCUT2D eigenvalue weighted by Gasteiger charge is -2.17. The average Bonchev–Trinajstić information content (AvgIpc) is 3.29. The van der Waals surface area contributed by atoms with Gasteiger partial charge < -0.3 is 19.5 Å². The average molecular weight is 435 g/mol. The third-order valence-electron chi connectivity index (χ3n) is 4.83. The molecule has 30 heavy (non-hydrogen) atoms. The van der Waals surface area contributed by atoms with Crippen LogP contribution in [0.4, 0.5) is 5.69 Å². The topological polar surface area (TPSA) is 94.2 Å². The third-order valence-corrected chi connectivity index (χ3v) is 6.74. The van der Waals surface area contributed by atoms with Crippen LogP contribution in [0.2, 0.25) is 0 Å². The van der Waals surface area contributed by atoms with Crippen molar-refractivity contribution in [2.45, 2.75) is 30.8 Å². The molecule has 162 valence electrons. The van der Waals surface area contributed by atoms with Gasteiger partial charge in [0.1, 0.15) is 17.2 Å². The molecular formula is C21H26N2O6S. The summed E-state index contributed by atoms with van der Waals surface area (Å²) in [5.41, 5.74) is 0.485. The lowest BCUT2D eigenvalue weighted by molar-refractivity contribution is -0.122. The summed E-state index contributed by atoms with van der Waals surface area (Å²) >= 11 is 0. The number of carbonyl (C=O) groups is 1. The van der Waals surface area contributed by atoms with E-state index in [1.54, 1.807) is 37.3 Å².